The van der Waals surface area contributed by atoms with E-state index >= 15 is 0 Å². The number of carbonyl (C=O) groups is 1. The number of aryl methyl sites for hydroxylation is 1. The molecular weight excluding hydrogens is 400 g/mol. The van der Waals surface area contributed by atoms with Crippen LogP contribution in [-0.4, -0.2) is 29.2 Å². The summed E-state index contributed by atoms with van der Waals surface area (Å²) in [5.74, 6) is -0.193. The Labute approximate surface area is 161 Å². The molecule has 2 N–H and O–H groups in total. The Morgan fingerprint density at radius 3 is 2.54 bits per heavy atom. The van der Waals surface area contributed by atoms with Crippen LogP contribution in [0, 0.1) is 6.92 Å². The fourth-order valence-electron chi connectivity index (χ4n) is 2.58. The van der Waals surface area contributed by atoms with Crippen LogP contribution in [0.25, 0.3) is 0 Å². The summed E-state index contributed by atoms with van der Waals surface area (Å²) in [6.45, 7) is 5.91. The molecule has 0 radical (unpaired) electrons. The van der Waals surface area contributed by atoms with Crippen LogP contribution in [0.5, 0.6) is 17.4 Å². The second kappa shape index (κ2) is 8.89. The minimum Gasteiger partial charge on any atom is -0.493 e. The number of carboxylic acid groups (broad SMARTS) is 1. The molecule has 0 fully saturated rings. The lowest BCUT2D eigenvalue weighted by Crippen LogP contribution is -2.20. The minimum atomic E-state index is -1.10. The molecule has 0 saturated carbocycles. The third-order valence-electron chi connectivity index (χ3n) is 4.01. The maximum atomic E-state index is 11.9. The van der Waals surface area contributed by atoms with Crippen molar-refractivity contribution < 1.29 is 19.4 Å². The number of benzene rings is 1. The number of nitrogens with zero attached hydrogens (tertiary/aromatic N) is 1. The molecule has 2 rings (SSSR count). The number of nitrogens with one attached hydrogen (secondary N) is 1. The molecule has 0 atom stereocenters. The molecule has 1 heterocycles. The van der Waals surface area contributed by atoms with Crippen LogP contribution in [0.4, 0.5) is 5.69 Å². The average molecular weight is 423 g/mol. The van der Waals surface area contributed by atoms with Crippen LogP contribution in [0.1, 0.15) is 42.7 Å². The van der Waals surface area contributed by atoms with Gasteiger partial charge in [-0.3, -0.25) is 0 Å². The number of aromatic nitrogens is 1. The van der Waals surface area contributed by atoms with E-state index in [9.17, 15) is 9.90 Å². The van der Waals surface area contributed by atoms with E-state index in [0.717, 1.165) is 17.3 Å². The molecule has 2 aromatic rings. The first-order valence-corrected chi connectivity index (χ1v) is 9.21. The van der Waals surface area contributed by atoms with Gasteiger partial charge in [0.05, 0.1) is 12.8 Å². The average Bonchev–Trinajstić information content (AvgIpc) is 2.60. The number of methoxy groups -OCH3 is 1. The first-order chi connectivity index (χ1) is 12.4. The third kappa shape index (κ3) is 4.66. The number of anilines is 1. The summed E-state index contributed by atoms with van der Waals surface area (Å²) in [7, 11) is 1.52. The smallest absolute Gasteiger partial charge is 0.343 e. The van der Waals surface area contributed by atoms with E-state index < -0.39 is 5.97 Å². The summed E-state index contributed by atoms with van der Waals surface area (Å²) in [5.41, 5.74) is 1.17. The van der Waals surface area contributed by atoms with Gasteiger partial charge in [-0.1, -0.05) is 29.8 Å². The number of pyridine rings is 1. The SMILES string of the molecule is CCC(CC)Nc1cc(C)nc(Oc2ccc(Br)cc2OC)c1C(=O)O. The Bertz CT molecular complexity index is 791. The highest BCUT2D eigenvalue weighted by atomic mass is 79.9. The number of aromatic carboxylic acids is 1. The van der Waals surface area contributed by atoms with Gasteiger partial charge in [-0.15, -0.1) is 0 Å². The zero-order chi connectivity index (χ0) is 19.3. The Morgan fingerprint density at radius 2 is 1.96 bits per heavy atom. The maximum absolute atomic E-state index is 11.9. The van der Waals surface area contributed by atoms with E-state index in [1.54, 1.807) is 31.2 Å². The first kappa shape index (κ1) is 20.0. The number of ether oxygens (including phenoxy) is 2. The Hall–Kier alpha value is -2.28. The van der Waals surface area contributed by atoms with Crippen LogP contribution in [-0.2, 0) is 0 Å². The Kier molecular flexibility index (Phi) is 6.85. The normalized spacial score (nSPS) is 10.7. The van der Waals surface area contributed by atoms with Crippen molar-refractivity contribution >= 4 is 27.6 Å². The molecule has 1 aromatic heterocycles. The van der Waals surface area contributed by atoms with Crippen LogP contribution < -0.4 is 14.8 Å². The van der Waals surface area contributed by atoms with Gasteiger partial charge in [0.2, 0.25) is 5.88 Å². The van der Waals surface area contributed by atoms with E-state index in [-0.39, 0.29) is 17.5 Å². The minimum absolute atomic E-state index is 0.00692. The molecule has 0 aliphatic rings. The lowest BCUT2D eigenvalue weighted by atomic mass is 10.1. The molecular formula is C19H23BrN2O4. The van der Waals surface area contributed by atoms with E-state index in [1.807, 2.05) is 0 Å². The van der Waals surface area contributed by atoms with Crippen molar-refractivity contribution in [3.8, 4) is 17.4 Å². The van der Waals surface area contributed by atoms with E-state index in [4.69, 9.17) is 9.47 Å². The van der Waals surface area contributed by atoms with Crippen molar-refractivity contribution in [1.82, 2.24) is 4.98 Å². The fourth-order valence-corrected chi connectivity index (χ4v) is 2.92. The van der Waals surface area contributed by atoms with Crippen molar-refractivity contribution in [3.63, 3.8) is 0 Å². The molecule has 1 aromatic carbocycles. The lowest BCUT2D eigenvalue weighted by Gasteiger charge is -2.20. The van der Waals surface area contributed by atoms with Gasteiger partial charge in [-0.25, -0.2) is 9.78 Å². The van der Waals surface area contributed by atoms with Crippen LogP contribution in [0.2, 0.25) is 0 Å². The summed E-state index contributed by atoms with van der Waals surface area (Å²) < 4.78 is 12.0. The summed E-state index contributed by atoms with van der Waals surface area (Å²) in [5, 5.41) is 13.0. The highest BCUT2D eigenvalue weighted by Gasteiger charge is 2.22. The van der Waals surface area contributed by atoms with E-state index in [1.165, 1.54) is 7.11 Å². The lowest BCUT2D eigenvalue weighted by molar-refractivity contribution is 0.0694. The number of hydrogen-bond donors (Lipinski definition) is 2. The van der Waals surface area contributed by atoms with Crippen molar-refractivity contribution in [2.45, 2.75) is 39.7 Å². The second-order valence-corrected chi connectivity index (χ2v) is 6.77. The molecule has 26 heavy (non-hydrogen) atoms. The van der Waals surface area contributed by atoms with Gasteiger partial charge in [0.1, 0.15) is 5.56 Å². The second-order valence-electron chi connectivity index (χ2n) is 5.85. The molecule has 0 bridgehead atoms. The number of hydrogen-bond acceptors (Lipinski definition) is 5. The topological polar surface area (TPSA) is 80.7 Å². The zero-order valence-corrected chi connectivity index (χ0v) is 16.9. The summed E-state index contributed by atoms with van der Waals surface area (Å²) in [6.07, 6.45) is 1.77. The highest BCUT2D eigenvalue weighted by Crippen LogP contribution is 2.36. The molecule has 0 unspecified atom stereocenters. The molecule has 6 nitrogen and oxygen atoms in total. The number of halogens is 1. The molecule has 0 spiro atoms. The van der Waals surface area contributed by atoms with Gasteiger partial charge in [-0.2, -0.15) is 0 Å². The van der Waals surface area contributed by atoms with E-state index in [2.05, 4.69) is 40.1 Å². The predicted octanol–water partition coefficient (Wildman–Crippen LogP) is 5.25. The van der Waals surface area contributed by atoms with Crippen LogP contribution >= 0.6 is 15.9 Å². The Morgan fingerprint density at radius 1 is 1.27 bits per heavy atom. The Balaban J connectivity index is 2.51. The van der Waals surface area contributed by atoms with Gasteiger partial charge in [0.25, 0.3) is 0 Å². The molecule has 0 aliphatic carbocycles. The van der Waals surface area contributed by atoms with Gasteiger partial charge < -0.3 is 19.9 Å². The predicted molar refractivity (Wildman–Crippen MR) is 105 cm³/mol. The van der Waals surface area contributed by atoms with Gasteiger partial charge in [-0.05, 0) is 44.0 Å². The molecule has 0 aliphatic heterocycles. The monoisotopic (exact) mass is 422 g/mol. The van der Waals surface area contributed by atoms with E-state index in [0.29, 0.717) is 22.9 Å². The maximum Gasteiger partial charge on any atom is 0.343 e. The van der Waals surface area contributed by atoms with Crippen molar-refractivity contribution in [2.24, 2.45) is 0 Å². The fraction of sp³-hybridized carbons (Fsp3) is 0.368. The van der Waals surface area contributed by atoms with Gasteiger partial charge in [0.15, 0.2) is 11.5 Å². The number of rotatable bonds is 8. The molecule has 0 amide bonds. The highest BCUT2D eigenvalue weighted by molar-refractivity contribution is 9.10. The van der Waals surface area contributed by atoms with Crippen molar-refractivity contribution in [2.75, 3.05) is 12.4 Å². The molecule has 0 saturated heterocycles. The quantitative estimate of drug-likeness (QED) is 0.604. The standard InChI is InChI=1S/C19H23BrN2O4/c1-5-13(6-2)22-14-9-11(3)21-18(17(14)19(23)24)26-15-8-7-12(20)10-16(15)25-4/h7-10,13H,5-6H2,1-4H3,(H,21,22)(H,23,24). The summed E-state index contributed by atoms with van der Waals surface area (Å²) >= 11 is 3.37. The summed E-state index contributed by atoms with van der Waals surface area (Å²) in [4.78, 5) is 16.2. The third-order valence-corrected chi connectivity index (χ3v) is 4.50. The largest absolute Gasteiger partial charge is 0.493 e. The first-order valence-electron chi connectivity index (χ1n) is 8.42. The van der Waals surface area contributed by atoms with Gasteiger partial charge >= 0.3 is 5.97 Å². The van der Waals surface area contributed by atoms with Crippen LogP contribution in [0.3, 0.4) is 0 Å². The van der Waals surface area contributed by atoms with Gasteiger partial charge in [0, 0.05) is 16.2 Å². The molecule has 7 heteroatoms. The summed E-state index contributed by atoms with van der Waals surface area (Å²) in [6, 6.07) is 7.14. The molecule has 140 valence electrons. The van der Waals surface area contributed by atoms with Crippen molar-refractivity contribution in [1.29, 1.82) is 0 Å². The number of carboxylic acids is 1. The zero-order valence-electron chi connectivity index (χ0n) is 15.3. The van der Waals surface area contributed by atoms with Crippen LogP contribution in [0.15, 0.2) is 28.7 Å². The van der Waals surface area contributed by atoms with Crippen molar-refractivity contribution in [3.05, 3.63) is 40.0 Å².